The van der Waals surface area contributed by atoms with Crippen molar-refractivity contribution in [3.63, 3.8) is 0 Å². The van der Waals surface area contributed by atoms with Crippen molar-refractivity contribution < 1.29 is 37.0 Å². The Bertz CT molecular complexity index is 647. The van der Waals surface area contributed by atoms with Crippen LogP contribution in [0.5, 0.6) is 0 Å². The second-order valence-electron chi connectivity index (χ2n) is 7.43. The van der Waals surface area contributed by atoms with Gasteiger partial charge in [-0.3, -0.25) is 9.69 Å². The molecule has 0 unspecified atom stereocenters. The monoisotopic (exact) mass is 420 g/mol. The Balaban J connectivity index is 0.000000370. The topological polar surface area (TPSA) is 92.0 Å². The van der Waals surface area contributed by atoms with Gasteiger partial charge in [0, 0.05) is 43.6 Å². The molecule has 2 fully saturated rings. The van der Waals surface area contributed by atoms with Gasteiger partial charge in [-0.2, -0.15) is 13.2 Å². The first kappa shape index (κ1) is 23.2. The van der Waals surface area contributed by atoms with Crippen molar-refractivity contribution >= 4 is 11.9 Å². The molecule has 1 saturated carbocycles. The number of rotatable bonds is 6. The molecule has 1 saturated heterocycles. The van der Waals surface area contributed by atoms with E-state index < -0.39 is 12.1 Å². The summed E-state index contributed by atoms with van der Waals surface area (Å²) in [5, 5.41) is 10.2. The maximum Gasteiger partial charge on any atom is 0.490 e. The Morgan fingerprint density at radius 1 is 1.34 bits per heavy atom. The fourth-order valence-electron chi connectivity index (χ4n) is 3.02. The molecule has 3 rings (SSSR count). The summed E-state index contributed by atoms with van der Waals surface area (Å²) in [6, 6.07) is 2.32. The number of furan rings is 1. The molecule has 10 heteroatoms. The van der Waals surface area contributed by atoms with Gasteiger partial charge in [-0.15, -0.1) is 0 Å². The summed E-state index contributed by atoms with van der Waals surface area (Å²) >= 11 is 0. The molecule has 1 aromatic rings. The number of ether oxygens (including phenoxy) is 1. The summed E-state index contributed by atoms with van der Waals surface area (Å²) in [4.78, 5) is 23.4. The number of amides is 1. The van der Waals surface area contributed by atoms with Crippen LogP contribution in [-0.2, 0) is 20.9 Å². The summed E-state index contributed by atoms with van der Waals surface area (Å²) in [5.41, 5.74) is 1.17. The minimum Gasteiger partial charge on any atom is -0.475 e. The van der Waals surface area contributed by atoms with Crippen molar-refractivity contribution in [2.45, 2.75) is 44.9 Å². The molecular formula is C19H27F3N2O5. The zero-order valence-electron chi connectivity index (χ0n) is 16.3. The number of halogens is 3. The van der Waals surface area contributed by atoms with Crippen LogP contribution in [-0.4, -0.2) is 60.4 Å². The lowest BCUT2D eigenvalue weighted by molar-refractivity contribution is -0.192. The first-order chi connectivity index (χ1) is 13.7. The van der Waals surface area contributed by atoms with Crippen LogP contribution in [0.15, 0.2) is 23.0 Å². The molecular weight excluding hydrogens is 393 g/mol. The molecule has 1 amide bonds. The molecule has 2 atom stereocenters. The van der Waals surface area contributed by atoms with Gasteiger partial charge in [0.25, 0.3) is 0 Å². The van der Waals surface area contributed by atoms with Gasteiger partial charge >= 0.3 is 12.1 Å². The van der Waals surface area contributed by atoms with Crippen molar-refractivity contribution in [3.05, 3.63) is 24.2 Å². The maximum atomic E-state index is 12.1. The minimum atomic E-state index is -5.08. The normalized spacial score (nSPS) is 22.9. The van der Waals surface area contributed by atoms with Crippen LogP contribution in [0.1, 0.15) is 31.7 Å². The smallest absolute Gasteiger partial charge is 0.475 e. The van der Waals surface area contributed by atoms with Gasteiger partial charge in [-0.05, 0) is 31.7 Å². The highest BCUT2D eigenvalue weighted by molar-refractivity contribution is 5.76. The van der Waals surface area contributed by atoms with E-state index in [0.29, 0.717) is 19.1 Å². The molecule has 1 aliphatic carbocycles. The average molecular weight is 420 g/mol. The van der Waals surface area contributed by atoms with E-state index in [-0.39, 0.29) is 11.8 Å². The molecule has 7 nitrogen and oxygen atoms in total. The second-order valence-corrected chi connectivity index (χ2v) is 7.43. The highest BCUT2D eigenvalue weighted by Gasteiger charge is 2.38. The SMILES string of the molecule is C[C@@H]1[C@@H](CC(=O)NCC2CC2)COCCN1Cc1ccoc1.O=C(O)C(F)(F)F. The first-order valence-electron chi connectivity index (χ1n) is 9.56. The zero-order chi connectivity index (χ0) is 21.4. The number of carboxylic acid groups (broad SMARTS) is 1. The number of carboxylic acids is 1. The van der Waals surface area contributed by atoms with Crippen molar-refractivity contribution in [2.75, 3.05) is 26.3 Å². The largest absolute Gasteiger partial charge is 0.490 e. The van der Waals surface area contributed by atoms with Crippen LogP contribution in [0.25, 0.3) is 0 Å². The van der Waals surface area contributed by atoms with Crippen molar-refractivity contribution in [2.24, 2.45) is 11.8 Å². The number of nitrogens with zero attached hydrogens (tertiary/aromatic N) is 1. The van der Waals surface area contributed by atoms with Crippen LogP contribution in [0.2, 0.25) is 0 Å². The van der Waals surface area contributed by atoms with Gasteiger partial charge in [0.05, 0.1) is 25.7 Å². The number of nitrogens with one attached hydrogen (secondary N) is 1. The Hall–Kier alpha value is -2.07. The van der Waals surface area contributed by atoms with E-state index in [0.717, 1.165) is 32.2 Å². The maximum absolute atomic E-state index is 12.1. The lowest BCUT2D eigenvalue weighted by Gasteiger charge is -2.30. The molecule has 0 bridgehead atoms. The van der Waals surface area contributed by atoms with Gasteiger partial charge < -0.3 is 19.6 Å². The molecule has 0 radical (unpaired) electrons. The quantitative estimate of drug-likeness (QED) is 0.735. The summed E-state index contributed by atoms with van der Waals surface area (Å²) in [5.74, 6) is -1.62. The van der Waals surface area contributed by atoms with Gasteiger partial charge in [0.1, 0.15) is 0 Å². The first-order valence-corrected chi connectivity index (χ1v) is 9.56. The predicted molar refractivity (Wildman–Crippen MR) is 96.9 cm³/mol. The van der Waals surface area contributed by atoms with Gasteiger partial charge in [-0.1, -0.05) is 0 Å². The Labute approximate surface area is 167 Å². The van der Waals surface area contributed by atoms with E-state index in [2.05, 4.69) is 17.1 Å². The second kappa shape index (κ2) is 10.6. The lowest BCUT2D eigenvalue weighted by atomic mass is 9.96. The summed E-state index contributed by atoms with van der Waals surface area (Å²) in [6.45, 7) is 6.18. The number of carbonyl (C=O) groups excluding carboxylic acids is 1. The van der Waals surface area contributed by atoms with E-state index in [1.807, 2.05) is 6.07 Å². The zero-order valence-corrected chi connectivity index (χ0v) is 16.3. The van der Waals surface area contributed by atoms with Gasteiger partial charge in [-0.25, -0.2) is 4.79 Å². The predicted octanol–water partition coefficient (Wildman–Crippen LogP) is 2.67. The highest BCUT2D eigenvalue weighted by atomic mass is 19.4. The lowest BCUT2D eigenvalue weighted by Crippen LogP contribution is -2.40. The average Bonchev–Trinajstić information content (AvgIpc) is 3.37. The third-order valence-corrected chi connectivity index (χ3v) is 5.05. The molecule has 2 aliphatic rings. The van der Waals surface area contributed by atoms with E-state index in [1.54, 1.807) is 12.5 Å². The van der Waals surface area contributed by atoms with Crippen molar-refractivity contribution in [1.82, 2.24) is 10.2 Å². The fourth-order valence-corrected chi connectivity index (χ4v) is 3.02. The number of carbonyl (C=O) groups is 2. The summed E-state index contributed by atoms with van der Waals surface area (Å²) in [7, 11) is 0. The minimum absolute atomic E-state index is 0.164. The Kier molecular flexibility index (Phi) is 8.51. The molecule has 0 aromatic carbocycles. The van der Waals surface area contributed by atoms with Gasteiger partial charge in [0.2, 0.25) is 5.91 Å². The van der Waals surface area contributed by atoms with Crippen LogP contribution >= 0.6 is 0 Å². The van der Waals surface area contributed by atoms with Gasteiger partial charge in [0.15, 0.2) is 0 Å². The fraction of sp³-hybridized carbons (Fsp3) is 0.684. The van der Waals surface area contributed by atoms with Crippen LogP contribution in [0.3, 0.4) is 0 Å². The highest BCUT2D eigenvalue weighted by Crippen LogP contribution is 2.28. The Morgan fingerprint density at radius 2 is 2.03 bits per heavy atom. The molecule has 1 aromatic heterocycles. The van der Waals surface area contributed by atoms with E-state index in [1.165, 1.54) is 18.4 Å². The Morgan fingerprint density at radius 3 is 2.59 bits per heavy atom. The van der Waals surface area contributed by atoms with Crippen molar-refractivity contribution in [1.29, 1.82) is 0 Å². The summed E-state index contributed by atoms with van der Waals surface area (Å²) in [6.07, 6.45) is 1.49. The van der Waals surface area contributed by atoms with Crippen LogP contribution in [0.4, 0.5) is 13.2 Å². The number of alkyl halides is 3. The molecule has 0 spiro atoms. The number of hydrogen-bond donors (Lipinski definition) is 2. The third-order valence-electron chi connectivity index (χ3n) is 5.05. The molecule has 2 N–H and O–H groups in total. The molecule has 1 aliphatic heterocycles. The molecule has 2 heterocycles. The van der Waals surface area contributed by atoms with Crippen LogP contribution in [0, 0.1) is 11.8 Å². The van der Waals surface area contributed by atoms with E-state index in [9.17, 15) is 18.0 Å². The van der Waals surface area contributed by atoms with Crippen LogP contribution < -0.4 is 5.32 Å². The number of hydrogen-bond acceptors (Lipinski definition) is 5. The van der Waals surface area contributed by atoms with Crippen molar-refractivity contribution in [3.8, 4) is 0 Å². The molecule has 164 valence electrons. The number of aliphatic carboxylic acids is 1. The third kappa shape index (κ3) is 8.45. The molecule has 29 heavy (non-hydrogen) atoms. The van der Waals surface area contributed by atoms with E-state index in [4.69, 9.17) is 19.1 Å². The van der Waals surface area contributed by atoms with E-state index >= 15 is 0 Å². The summed E-state index contributed by atoms with van der Waals surface area (Å²) < 4.78 is 42.6. The standard InChI is InChI=1S/C17H26N2O3.C2HF3O2/c1-13-16(8-17(20)18-9-14-2-3-14)12-22-7-5-19(13)10-15-4-6-21-11-15;3-2(4,5)1(6)7/h4,6,11,13-14,16H,2-3,5,7-10,12H2,1H3,(H,18,20);(H,6,7)/t13-,16+;/m1./s1.